The highest BCUT2D eigenvalue weighted by Crippen LogP contribution is 2.21. The molecule has 1 saturated heterocycles. The fourth-order valence-electron chi connectivity index (χ4n) is 2.72. The fourth-order valence-corrected chi connectivity index (χ4v) is 2.86. The lowest BCUT2D eigenvalue weighted by Crippen LogP contribution is -2.44. The van der Waals surface area contributed by atoms with Gasteiger partial charge >= 0.3 is 0 Å². The van der Waals surface area contributed by atoms with Crippen molar-refractivity contribution in [3.05, 3.63) is 65.5 Å². The van der Waals surface area contributed by atoms with Crippen molar-refractivity contribution in [3.63, 3.8) is 0 Å². The number of halogens is 1. The SMILES string of the molecule is C=C(C)/C=C(\C(=C)Cl)C(=O)NCC(c1cccnc1)N1CCOCC1. The Morgan fingerprint density at radius 1 is 1.48 bits per heavy atom. The Balaban J connectivity index is 2.12. The number of carbonyl (C=O) groups is 1. The number of morpholine rings is 1. The van der Waals surface area contributed by atoms with Crippen LogP contribution in [0.3, 0.4) is 0 Å². The van der Waals surface area contributed by atoms with Crippen LogP contribution in [-0.2, 0) is 9.53 Å². The quantitative estimate of drug-likeness (QED) is 0.599. The number of carbonyl (C=O) groups excluding carboxylic acids is 1. The van der Waals surface area contributed by atoms with E-state index in [-0.39, 0.29) is 17.0 Å². The average Bonchev–Trinajstić information content (AvgIpc) is 2.61. The number of amides is 1. The highest BCUT2D eigenvalue weighted by Gasteiger charge is 2.24. The topological polar surface area (TPSA) is 54.5 Å². The summed E-state index contributed by atoms with van der Waals surface area (Å²) in [5.74, 6) is -0.259. The van der Waals surface area contributed by atoms with E-state index in [0.29, 0.717) is 25.3 Å². The number of allylic oxidation sites excluding steroid dienone is 2. The van der Waals surface area contributed by atoms with Crippen molar-refractivity contribution in [2.45, 2.75) is 13.0 Å². The number of hydrogen-bond acceptors (Lipinski definition) is 4. The van der Waals surface area contributed by atoms with E-state index in [4.69, 9.17) is 16.3 Å². The van der Waals surface area contributed by atoms with Gasteiger partial charge in [-0.15, -0.1) is 0 Å². The average molecular weight is 362 g/mol. The third-order valence-electron chi connectivity index (χ3n) is 3.94. The summed E-state index contributed by atoms with van der Waals surface area (Å²) in [5.41, 5.74) is 2.13. The first kappa shape index (κ1) is 19.4. The van der Waals surface area contributed by atoms with Gasteiger partial charge in [-0.1, -0.05) is 36.4 Å². The zero-order valence-corrected chi connectivity index (χ0v) is 15.3. The molecule has 5 nitrogen and oxygen atoms in total. The van der Waals surface area contributed by atoms with E-state index < -0.39 is 0 Å². The van der Waals surface area contributed by atoms with Crippen LogP contribution in [0.4, 0.5) is 0 Å². The molecule has 1 N–H and O–H groups in total. The molecule has 1 atom stereocenters. The van der Waals surface area contributed by atoms with Gasteiger partial charge in [0.15, 0.2) is 0 Å². The molecule has 1 aliphatic rings. The number of rotatable bonds is 7. The molecule has 134 valence electrons. The van der Waals surface area contributed by atoms with Gasteiger partial charge in [0.2, 0.25) is 0 Å². The van der Waals surface area contributed by atoms with Crippen molar-refractivity contribution < 1.29 is 9.53 Å². The molecule has 1 aromatic heterocycles. The maximum atomic E-state index is 12.5. The van der Waals surface area contributed by atoms with Gasteiger partial charge in [0.25, 0.3) is 5.91 Å². The Hall–Kier alpha value is -1.95. The van der Waals surface area contributed by atoms with Gasteiger partial charge < -0.3 is 10.1 Å². The van der Waals surface area contributed by atoms with E-state index in [1.54, 1.807) is 19.2 Å². The van der Waals surface area contributed by atoms with E-state index in [9.17, 15) is 4.79 Å². The number of nitrogens with one attached hydrogen (secondary N) is 1. The molecule has 0 radical (unpaired) electrons. The summed E-state index contributed by atoms with van der Waals surface area (Å²) in [6.07, 6.45) is 5.21. The van der Waals surface area contributed by atoms with Crippen LogP contribution in [0, 0.1) is 0 Å². The standard InChI is InChI=1S/C19H24ClN3O2/c1-14(2)11-17(15(3)20)19(24)22-13-18(16-5-4-6-21-12-16)23-7-9-25-10-8-23/h4-6,11-12,18H,1,3,7-10,13H2,2H3,(H,22,24)/b17-11+. The Kier molecular flexibility index (Phi) is 7.37. The molecule has 1 amide bonds. The first-order valence-electron chi connectivity index (χ1n) is 8.21. The minimum atomic E-state index is -0.259. The monoisotopic (exact) mass is 361 g/mol. The van der Waals surface area contributed by atoms with Gasteiger partial charge in [0.1, 0.15) is 0 Å². The fraction of sp³-hybridized carbons (Fsp3) is 0.368. The number of nitrogens with zero attached hydrogens (tertiary/aromatic N) is 2. The minimum Gasteiger partial charge on any atom is -0.379 e. The molecular formula is C19H24ClN3O2. The van der Waals surface area contributed by atoms with Crippen LogP contribution in [0.15, 0.2) is 59.9 Å². The normalized spacial score (nSPS) is 17.0. The second-order valence-corrected chi connectivity index (χ2v) is 6.43. The van der Waals surface area contributed by atoms with Crippen LogP contribution in [0.5, 0.6) is 0 Å². The van der Waals surface area contributed by atoms with Crippen molar-refractivity contribution in [2.75, 3.05) is 32.8 Å². The molecule has 25 heavy (non-hydrogen) atoms. The third-order valence-corrected chi connectivity index (χ3v) is 4.14. The lowest BCUT2D eigenvalue weighted by atomic mass is 10.1. The second-order valence-electron chi connectivity index (χ2n) is 5.97. The summed E-state index contributed by atoms with van der Waals surface area (Å²) >= 11 is 5.96. The van der Waals surface area contributed by atoms with Crippen LogP contribution in [0.1, 0.15) is 18.5 Å². The van der Waals surface area contributed by atoms with Gasteiger partial charge in [0.05, 0.1) is 24.8 Å². The van der Waals surface area contributed by atoms with Gasteiger partial charge in [0, 0.05) is 37.1 Å². The van der Waals surface area contributed by atoms with Crippen LogP contribution >= 0.6 is 11.6 Å². The number of hydrogen-bond donors (Lipinski definition) is 1. The van der Waals surface area contributed by atoms with E-state index in [1.165, 1.54) is 0 Å². The van der Waals surface area contributed by atoms with Gasteiger partial charge in [-0.2, -0.15) is 0 Å². The molecule has 1 aliphatic heterocycles. The summed E-state index contributed by atoms with van der Waals surface area (Å²) < 4.78 is 5.43. The lowest BCUT2D eigenvalue weighted by molar-refractivity contribution is -0.117. The van der Waals surface area contributed by atoms with E-state index in [0.717, 1.165) is 24.2 Å². The Labute approximate surface area is 154 Å². The number of pyridine rings is 1. The van der Waals surface area contributed by atoms with Gasteiger partial charge in [-0.25, -0.2) is 0 Å². The molecule has 0 bridgehead atoms. The smallest absolute Gasteiger partial charge is 0.252 e. The summed E-state index contributed by atoms with van der Waals surface area (Å²) in [6, 6.07) is 3.94. The maximum absolute atomic E-state index is 12.5. The molecule has 6 heteroatoms. The molecule has 0 spiro atoms. The second kappa shape index (κ2) is 9.51. The lowest BCUT2D eigenvalue weighted by Gasteiger charge is -2.34. The summed E-state index contributed by atoms with van der Waals surface area (Å²) in [7, 11) is 0. The maximum Gasteiger partial charge on any atom is 0.252 e. The van der Waals surface area contributed by atoms with Gasteiger partial charge in [-0.05, 0) is 24.6 Å². The third kappa shape index (κ3) is 5.81. The van der Waals surface area contributed by atoms with Crippen molar-refractivity contribution >= 4 is 17.5 Å². The summed E-state index contributed by atoms with van der Waals surface area (Å²) in [6.45, 7) is 12.7. The van der Waals surface area contributed by atoms with Crippen LogP contribution in [0.2, 0.25) is 0 Å². The molecule has 1 unspecified atom stereocenters. The molecule has 1 fully saturated rings. The van der Waals surface area contributed by atoms with Crippen molar-refractivity contribution in [1.29, 1.82) is 0 Å². The van der Waals surface area contributed by atoms with E-state index in [2.05, 4.69) is 28.4 Å². The highest BCUT2D eigenvalue weighted by atomic mass is 35.5. The Morgan fingerprint density at radius 2 is 2.20 bits per heavy atom. The summed E-state index contributed by atoms with van der Waals surface area (Å²) in [4.78, 5) is 19.0. The number of aromatic nitrogens is 1. The van der Waals surface area contributed by atoms with Crippen molar-refractivity contribution in [2.24, 2.45) is 0 Å². The molecule has 0 aliphatic carbocycles. The molecule has 2 rings (SSSR count). The zero-order chi connectivity index (χ0) is 18.2. The van der Waals surface area contributed by atoms with Crippen LogP contribution in [-0.4, -0.2) is 48.6 Å². The Morgan fingerprint density at radius 3 is 2.76 bits per heavy atom. The highest BCUT2D eigenvalue weighted by molar-refractivity contribution is 6.35. The molecule has 0 saturated carbocycles. The number of ether oxygens (including phenoxy) is 1. The molecule has 2 heterocycles. The van der Waals surface area contributed by atoms with Crippen molar-refractivity contribution in [1.82, 2.24) is 15.2 Å². The Bertz CT molecular complexity index is 652. The summed E-state index contributed by atoms with van der Waals surface area (Å²) in [5, 5.41) is 3.16. The van der Waals surface area contributed by atoms with Gasteiger partial charge in [-0.3, -0.25) is 14.7 Å². The molecular weight excluding hydrogens is 338 g/mol. The minimum absolute atomic E-state index is 0.0243. The largest absolute Gasteiger partial charge is 0.379 e. The van der Waals surface area contributed by atoms with Crippen LogP contribution in [0.25, 0.3) is 0 Å². The first-order valence-corrected chi connectivity index (χ1v) is 8.58. The predicted octanol–water partition coefficient (Wildman–Crippen LogP) is 2.83. The predicted molar refractivity (Wildman–Crippen MR) is 100 cm³/mol. The first-order chi connectivity index (χ1) is 12.0. The van der Waals surface area contributed by atoms with E-state index in [1.807, 2.05) is 18.3 Å². The van der Waals surface area contributed by atoms with E-state index >= 15 is 0 Å². The van der Waals surface area contributed by atoms with Crippen molar-refractivity contribution in [3.8, 4) is 0 Å². The molecule has 1 aromatic rings. The van der Waals surface area contributed by atoms with Crippen LogP contribution < -0.4 is 5.32 Å². The molecule has 0 aromatic carbocycles. The zero-order valence-electron chi connectivity index (χ0n) is 14.5.